The highest BCUT2D eigenvalue weighted by Gasteiger charge is 2.44. The Morgan fingerprint density at radius 2 is 2.11 bits per heavy atom. The van der Waals surface area contributed by atoms with Crippen molar-refractivity contribution in [3.05, 3.63) is 29.8 Å². The van der Waals surface area contributed by atoms with Gasteiger partial charge in [-0.25, -0.2) is 0 Å². The molecule has 2 aliphatic rings. The third-order valence-corrected chi connectivity index (χ3v) is 4.19. The molecule has 0 spiro atoms. The third kappa shape index (κ3) is 2.59. The van der Waals surface area contributed by atoms with Crippen molar-refractivity contribution in [2.45, 2.75) is 25.4 Å². The summed E-state index contributed by atoms with van der Waals surface area (Å²) in [6, 6.07) is 8.51. The molecule has 0 amide bonds. The number of methoxy groups -OCH3 is 1. The number of esters is 1. The number of rotatable bonds is 4. The Kier molecular flexibility index (Phi) is 3.42. The maximum absolute atomic E-state index is 11.5. The van der Waals surface area contributed by atoms with Crippen LogP contribution in [0, 0.1) is 11.8 Å². The van der Waals surface area contributed by atoms with Gasteiger partial charge < -0.3 is 14.8 Å². The second-order valence-electron chi connectivity index (χ2n) is 5.39. The molecule has 1 saturated carbocycles. The molecule has 4 nitrogen and oxygen atoms in total. The molecule has 4 heteroatoms. The number of carbonyl (C=O) groups is 1. The molecule has 1 aromatic carbocycles. The van der Waals surface area contributed by atoms with Gasteiger partial charge >= 0.3 is 5.97 Å². The topological polar surface area (TPSA) is 47.6 Å². The third-order valence-electron chi connectivity index (χ3n) is 4.19. The zero-order valence-electron chi connectivity index (χ0n) is 11.1. The molecule has 1 saturated heterocycles. The van der Waals surface area contributed by atoms with Crippen molar-refractivity contribution in [3.8, 4) is 5.75 Å². The largest absolute Gasteiger partial charge is 0.497 e. The van der Waals surface area contributed by atoms with Gasteiger partial charge in [-0.1, -0.05) is 12.1 Å². The zero-order chi connectivity index (χ0) is 13.2. The lowest BCUT2D eigenvalue weighted by atomic mass is 10.0. The number of carbonyl (C=O) groups excluding carboxylic acids is 1. The first-order chi connectivity index (χ1) is 9.26. The monoisotopic (exact) mass is 261 g/mol. The Labute approximate surface area is 113 Å². The van der Waals surface area contributed by atoms with Gasteiger partial charge in [0.25, 0.3) is 0 Å². The molecule has 1 heterocycles. The minimum absolute atomic E-state index is 0.00116. The molecule has 3 rings (SSSR count). The first-order valence-electron chi connectivity index (χ1n) is 6.79. The Morgan fingerprint density at radius 1 is 1.32 bits per heavy atom. The van der Waals surface area contributed by atoms with Crippen molar-refractivity contribution in [2.24, 2.45) is 11.8 Å². The van der Waals surface area contributed by atoms with Crippen molar-refractivity contribution in [2.75, 3.05) is 13.7 Å². The molecule has 1 aliphatic carbocycles. The normalized spacial score (nSPS) is 29.1. The lowest BCUT2D eigenvalue weighted by Crippen LogP contribution is -2.27. The van der Waals surface area contributed by atoms with Crippen LogP contribution in [0.25, 0.3) is 0 Å². The van der Waals surface area contributed by atoms with Crippen molar-refractivity contribution < 1.29 is 14.3 Å². The highest BCUT2D eigenvalue weighted by molar-refractivity contribution is 5.75. The van der Waals surface area contributed by atoms with Crippen LogP contribution in [0.1, 0.15) is 18.4 Å². The molecule has 1 aromatic rings. The summed E-state index contributed by atoms with van der Waals surface area (Å²) in [5, 5.41) is 3.54. The molecule has 1 aliphatic heterocycles. The van der Waals surface area contributed by atoms with Gasteiger partial charge in [-0.15, -0.1) is 0 Å². The van der Waals surface area contributed by atoms with Gasteiger partial charge in [-0.2, -0.15) is 0 Å². The number of cyclic esters (lactones) is 1. The average Bonchev–Trinajstić information content (AvgIpc) is 2.99. The van der Waals surface area contributed by atoms with E-state index in [2.05, 4.69) is 17.4 Å². The molecule has 102 valence electrons. The number of fused-ring (bicyclic) bond motifs is 1. The van der Waals surface area contributed by atoms with Gasteiger partial charge in [0.1, 0.15) is 5.75 Å². The van der Waals surface area contributed by atoms with Crippen LogP contribution in [0.3, 0.4) is 0 Å². The molecule has 0 aromatic heterocycles. The molecule has 0 radical (unpaired) electrons. The second kappa shape index (κ2) is 5.21. The van der Waals surface area contributed by atoms with Crippen LogP contribution in [-0.4, -0.2) is 25.7 Å². The van der Waals surface area contributed by atoms with Crippen LogP contribution in [-0.2, 0) is 16.1 Å². The van der Waals surface area contributed by atoms with Crippen LogP contribution < -0.4 is 10.1 Å². The molecule has 3 atom stereocenters. The summed E-state index contributed by atoms with van der Waals surface area (Å²) in [5.74, 6) is 1.44. The van der Waals surface area contributed by atoms with Crippen LogP contribution in [0.5, 0.6) is 5.75 Å². The smallest absolute Gasteiger partial charge is 0.309 e. The van der Waals surface area contributed by atoms with Gasteiger partial charge in [0.2, 0.25) is 0 Å². The fraction of sp³-hybridized carbons (Fsp3) is 0.533. The molecule has 19 heavy (non-hydrogen) atoms. The van der Waals surface area contributed by atoms with Crippen LogP contribution in [0.4, 0.5) is 0 Å². The maximum atomic E-state index is 11.5. The highest BCUT2D eigenvalue weighted by atomic mass is 16.5. The summed E-state index contributed by atoms with van der Waals surface area (Å²) >= 11 is 0. The first-order valence-corrected chi connectivity index (χ1v) is 6.79. The molecular weight excluding hydrogens is 242 g/mol. The summed E-state index contributed by atoms with van der Waals surface area (Å²) in [6.07, 6.45) is 1.96. The minimum atomic E-state index is -0.00116. The van der Waals surface area contributed by atoms with E-state index < -0.39 is 0 Å². The predicted octanol–water partition coefficient (Wildman–Crippen LogP) is 1.74. The number of nitrogens with one attached hydrogen (secondary N) is 1. The number of benzene rings is 1. The standard InChI is InChI=1S/C15H19NO3/c1-18-13-4-2-10(3-5-13)8-16-12-6-11-9-19-15(17)14(11)7-12/h2-5,11-12,14,16H,6-9H2,1H3/t11?,12?,14-/m1/s1. The second-order valence-corrected chi connectivity index (χ2v) is 5.39. The van der Waals surface area contributed by atoms with E-state index in [4.69, 9.17) is 9.47 Å². The first kappa shape index (κ1) is 12.5. The quantitative estimate of drug-likeness (QED) is 0.839. The van der Waals surface area contributed by atoms with E-state index >= 15 is 0 Å². The van der Waals surface area contributed by atoms with Crippen molar-refractivity contribution in [1.82, 2.24) is 5.32 Å². The molecular formula is C15H19NO3. The van der Waals surface area contributed by atoms with E-state index in [1.54, 1.807) is 7.11 Å². The highest BCUT2D eigenvalue weighted by Crippen LogP contribution is 2.37. The lowest BCUT2D eigenvalue weighted by Gasteiger charge is -2.13. The molecule has 2 fully saturated rings. The van der Waals surface area contributed by atoms with Crippen molar-refractivity contribution in [1.29, 1.82) is 0 Å². The fourth-order valence-electron chi connectivity index (χ4n) is 3.07. The Morgan fingerprint density at radius 3 is 2.79 bits per heavy atom. The van der Waals surface area contributed by atoms with Crippen LogP contribution in [0.15, 0.2) is 24.3 Å². The summed E-state index contributed by atoms with van der Waals surface area (Å²) in [4.78, 5) is 11.5. The van der Waals surface area contributed by atoms with E-state index in [9.17, 15) is 4.79 Å². The average molecular weight is 261 g/mol. The van der Waals surface area contributed by atoms with Crippen molar-refractivity contribution in [3.63, 3.8) is 0 Å². The van der Waals surface area contributed by atoms with E-state index in [1.165, 1.54) is 5.56 Å². The van der Waals surface area contributed by atoms with Gasteiger partial charge in [0.05, 0.1) is 19.6 Å². The lowest BCUT2D eigenvalue weighted by molar-refractivity contribution is -0.141. The molecule has 1 N–H and O–H groups in total. The zero-order valence-corrected chi connectivity index (χ0v) is 11.1. The number of ether oxygens (including phenoxy) is 2. The van der Waals surface area contributed by atoms with Gasteiger partial charge in [-0.3, -0.25) is 4.79 Å². The van der Waals surface area contributed by atoms with Crippen LogP contribution >= 0.6 is 0 Å². The number of hydrogen-bond acceptors (Lipinski definition) is 4. The summed E-state index contributed by atoms with van der Waals surface area (Å²) in [6.45, 7) is 1.45. The molecule has 0 bridgehead atoms. The fourth-order valence-corrected chi connectivity index (χ4v) is 3.07. The van der Waals surface area contributed by atoms with E-state index in [0.29, 0.717) is 18.6 Å². The van der Waals surface area contributed by atoms with Crippen molar-refractivity contribution >= 4 is 5.97 Å². The summed E-state index contributed by atoms with van der Waals surface area (Å²) in [7, 11) is 1.67. The Balaban J connectivity index is 1.51. The van der Waals surface area contributed by atoms with Gasteiger partial charge in [0, 0.05) is 18.5 Å². The molecule has 2 unspecified atom stereocenters. The van der Waals surface area contributed by atoms with Crippen LogP contribution in [0.2, 0.25) is 0 Å². The summed E-state index contributed by atoms with van der Waals surface area (Å²) < 4.78 is 10.2. The van der Waals surface area contributed by atoms with E-state index in [1.807, 2.05) is 12.1 Å². The van der Waals surface area contributed by atoms with Gasteiger partial charge in [-0.05, 0) is 30.5 Å². The Hall–Kier alpha value is -1.55. The number of hydrogen-bond donors (Lipinski definition) is 1. The van der Waals surface area contributed by atoms with Gasteiger partial charge in [0.15, 0.2) is 0 Å². The minimum Gasteiger partial charge on any atom is -0.497 e. The summed E-state index contributed by atoms with van der Waals surface area (Å²) in [5.41, 5.74) is 1.24. The predicted molar refractivity (Wildman–Crippen MR) is 70.8 cm³/mol. The SMILES string of the molecule is COc1ccc(CNC2CC3COC(=O)[C@@H]3C2)cc1. The van der Waals surface area contributed by atoms with E-state index in [-0.39, 0.29) is 11.9 Å². The van der Waals surface area contributed by atoms with E-state index in [0.717, 1.165) is 25.1 Å². The Bertz CT molecular complexity index is 457. The maximum Gasteiger partial charge on any atom is 0.309 e.